The van der Waals surface area contributed by atoms with Gasteiger partial charge in [0.15, 0.2) is 0 Å². The Morgan fingerprint density at radius 3 is 2.70 bits per heavy atom. The van der Waals surface area contributed by atoms with Gasteiger partial charge in [-0.2, -0.15) is 0 Å². The van der Waals surface area contributed by atoms with Crippen LogP contribution in [0, 0.1) is 12.7 Å². The summed E-state index contributed by atoms with van der Waals surface area (Å²) in [5.41, 5.74) is 2.54. The fraction of sp³-hybridized carbons (Fsp3) is 0.188. The zero-order valence-electron chi connectivity index (χ0n) is 11.1. The number of aryl methyl sites for hydroxylation is 1. The van der Waals surface area contributed by atoms with E-state index >= 15 is 0 Å². The normalized spacial score (nSPS) is 10.3. The third-order valence-electron chi connectivity index (χ3n) is 3.10. The van der Waals surface area contributed by atoms with Crippen LogP contribution in [0.1, 0.15) is 16.7 Å². The average molecular weight is 336 g/mol. The molecule has 1 N–H and O–H groups in total. The first-order chi connectivity index (χ1) is 9.56. The second kappa shape index (κ2) is 6.66. The van der Waals surface area contributed by atoms with Crippen molar-refractivity contribution in [1.29, 1.82) is 0 Å². The zero-order valence-corrected chi connectivity index (χ0v) is 12.7. The number of benzene rings is 2. The van der Waals surface area contributed by atoms with Crippen LogP contribution in [0.3, 0.4) is 0 Å². The second-order valence-corrected chi connectivity index (χ2v) is 5.53. The lowest BCUT2D eigenvalue weighted by atomic mass is 10.1. The molecule has 2 aromatic carbocycles. The van der Waals surface area contributed by atoms with Gasteiger partial charge in [-0.1, -0.05) is 40.2 Å². The molecule has 0 saturated carbocycles. The smallest absolute Gasteiger partial charge is 0.224 e. The number of hydrogen-bond donors (Lipinski definition) is 1. The third kappa shape index (κ3) is 3.90. The summed E-state index contributed by atoms with van der Waals surface area (Å²) in [6, 6.07) is 12.4. The highest BCUT2D eigenvalue weighted by Crippen LogP contribution is 2.15. The van der Waals surface area contributed by atoms with Gasteiger partial charge in [0.1, 0.15) is 5.82 Å². The van der Waals surface area contributed by atoms with E-state index in [-0.39, 0.29) is 18.3 Å². The zero-order chi connectivity index (χ0) is 14.5. The molecular formula is C16H15BrFNO. The van der Waals surface area contributed by atoms with Crippen LogP contribution in [0.5, 0.6) is 0 Å². The predicted octanol–water partition coefficient (Wildman–Crippen LogP) is 3.76. The first-order valence-electron chi connectivity index (χ1n) is 6.31. The molecule has 20 heavy (non-hydrogen) atoms. The standard InChI is InChI=1S/C16H15BrFNO/c1-11-4-2-3-5-12(11)9-16(20)19-10-13-8-14(17)6-7-15(13)18/h2-8H,9-10H2,1H3,(H,19,20). The molecule has 0 fully saturated rings. The summed E-state index contributed by atoms with van der Waals surface area (Å²) in [5, 5.41) is 2.74. The van der Waals surface area contributed by atoms with Crippen molar-refractivity contribution < 1.29 is 9.18 Å². The molecule has 0 heterocycles. The van der Waals surface area contributed by atoms with E-state index in [2.05, 4.69) is 21.2 Å². The molecule has 2 nitrogen and oxygen atoms in total. The highest BCUT2D eigenvalue weighted by atomic mass is 79.9. The first-order valence-corrected chi connectivity index (χ1v) is 7.10. The van der Waals surface area contributed by atoms with Crippen LogP contribution < -0.4 is 5.32 Å². The number of rotatable bonds is 4. The molecule has 0 aliphatic carbocycles. The van der Waals surface area contributed by atoms with Crippen molar-refractivity contribution in [2.45, 2.75) is 19.9 Å². The minimum absolute atomic E-state index is 0.112. The summed E-state index contributed by atoms with van der Waals surface area (Å²) in [6.45, 7) is 2.16. The van der Waals surface area contributed by atoms with Crippen molar-refractivity contribution in [1.82, 2.24) is 5.32 Å². The van der Waals surface area contributed by atoms with Crippen LogP contribution in [-0.2, 0) is 17.8 Å². The molecule has 2 aromatic rings. The fourth-order valence-corrected chi connectivity index (χ4v) is 2.32. The molecule has 0 unspecified atom stereocenters. The van der Waals surface area contributed by atoms with Crippen molar-refractivity contribution in [3.8, 4) is 0 Å². The first kappa shape index (κ1) is 14.7. The number of nitrogens with one attached hydrogen (secondary N) is 1. The van der Waals surface area contributed by atoms with Gasteiger partial charge in [-0.05, 0) is 36.2 Å². The molecule has 0 radical (unpaired) electrons. The Labute approximate surface area is 126 Å². The Balaban J connectivity index is 1.96. The van der Waals surface area contributed by atoms with Crippen molar-refractivity contribution in [3.05, 3.63) is 69.4 Å². The molecule has 0 saturated heterocycles. The third-order valence-corrected chi connectivity index (χ3v) is 3.59. The van der Waals surface area contributed by atoms with Gasteiger partial charge in [-0.25, -0.2) is 4.39 Å². The van der Waals surface area contributed by atoms with E-state index in [4.69, 9.17) is 0 Å². The summed E-state index contributed by atoms with van der Waals surface area (Å²) in [7, 11) is 0. The molecule has 4 heteroatoms. The van der Waals surface area contributed by atoms with Gasteiger partial charge in [0.2, 0.25) is 5.91 Å². The van der Waals surface area contributed by atoms with E-state index in [0.717, 1.165) is 15.6 Å². The summed E-state index contributed by atoms with van der Waals surface area (Å²) in [5.74, 6) is -0.428. The molecule has 0 aliphatic heterocycles. The van der Waals surface area contributed by atoms with Gasteiger partial charge in [0, 0.05) is 16.6 Å². The molecule has 0 aliphatic rings. The van der Waals surface area contributed by atoms with Crippen molar-refractivity contribution >= 4 is 21.8 Å². The highest BCUT2D eigenvalue weighted by Gasteiger charge is 2.07. The van der Waals surface area contributed by atoms with E-state index in [1.54, 1.807) is 12.1 Å². The average Bonchev–Trinajstić information content (AvgIpc) is 2.42. The van der Waals surface area contributed by atoms with Gasteiger partial charge in [-0.3, -0.25) is 4.79 Å². The largest absolute Gasteiger partial charge is 0.352 e. The van der Waals surface area contributed by atoms with Gasteiger partial charge in [-0.15, -0.1) is 0 Å². The highest BCUT2D eigenvalue weighted by molar-refractivity contribution is 9.10. The molecule has 0 atom stereocenters. The Morgan fingerprint density at radius 1 is 1.20 bits per heavy atom. The second-order valence-electron chi connectivity index (χ2n) is 4.62. The van der Waals surface area contributed by atoms with E-state index in [1.807, 2.05) is 31.2 Å². The summed E-state index contributed by atoms with van der Waals surface area (Å²) < 4.78 is 14.3. The number of carbonyl (C=O) groups is 1. The van der Waals surface area contributed by atoms with Crippen molar-refractivity contribution in [2.75, 3.05) is 0 Å². The maximum absolute atomic E-state index is 13.5. The van der Waals surface area contributed by atoms with Crippen LogP contribution in [-0.4, -0.2) is 5.91 Å². The van der Waals surface area contributed by atoms with E-state index in [0.29, 0.717) is 12.0 Å². The van der Waals surface area contributed by atoms with Crippen LogP contribution in [0.4, 0.5) is 4.39 Å². The lowest BCUT2D eigenvalue weighted by molar-refractivity contribution is -0.120. The van der Waals surface area contributed by atoms with Gasteiger partial charge in [0.05, 0.1) is 6.42 Å². The number of carbonyl (C=O) groups excluding carboxylic acids is 1. The molecule has 0 spiro atoms. The Kier molecular flexibility index (Phi) is 4.90. The van der Waals surface area contributed by atoms with E-state index in [9.17, 15) is 9.18 Å². The lowest BCUT2D eigenvalue weighted by Crippen LogP contribution is -2.25. The summed E-state index contributed by atoms with van der Waals surface area (Å²) in [4.78, 5) is 11.9. The minimum Gasteiger partial charge on any atom is -0.352 e. The summed E-state index contributed by atoms with van der Waals surface area (Å²) in [6.07, 6.45) is 0.308. The molecule has 0 bridgehead atoms. The fourth-order valence-electron chi connectivity index (χ4n) is 1.92. The maximum atomic E-state index is 13.5. The lowest BCUT2D eigenvalue weighted by Gasteiger charge is -2.08. The number of halogens is 2. The van der Waals surface area contributed by atoms with Crippen LogP contribution >= 0.6 is 15.9 Å². The van der Waals surface area contributed by atoms with E-state index in [1.165, 1.54) is 6.07 Å². The monoisotopic (exact) mass is 335 g/mol. The molecule has 0 aromatic heterocycles. The number of amides is 1. The van der Waals surface area contributed by atoms with Gasteiger partial charge in [0.25, 0.3) is 0 Å². The minimum atomic E-state index is -0.315. The number of hydrogen-bond acceptors (Lipinski definition) is 1. The molecule has 2 rings (SSSR count). The van der Waals surface area contributed by atoms with Crippen LogP contribution in [0.15, 0.2) is 46.9 Å². The van der Waals surface area contributed by atoms with Crippen molar-refractivity contribution in [2.24, 2.45) is 0 Å². The molecule has 1 amide bonds. The Hall–Kier alpha value is -1.68. The van der Waals surface area contributed by atoms with Crippen LogP contribution in [0.2, 0.25) is 0 Å². The maximum Gasteiger partial charge on any atom is 0.224 e. The summed E-state index contributed by atoms with van der Waals surface area (Å²) >= 11 is 3.29. The SMILES string of the molecule is Cc1ccccc1CC(=O)NCc1cc(Br)ccc1F. The van der Waals surface area contributed by atoms with Crippen LogP contribution in [0.25, 0.3) is 0 Å². The quantitative estimate of drug-likeness (QED) is 0.905. The van der Waals surface area contributed by atoms with Gasteiger partial charge < -0.3 is 5.32 Å². The predicted molar refractivity (Wildman–Crippen MR) is 80.8 cm³/mol. The topological polar surface area (TPSA) is 29.1 Å². The van der Waals surface area contributed by atoms with Gasteiger partial charge >= 0.3 is 0 Å². The van der Waals surface area contributed by atoms with Crippen molar-refractivity contribution in [3.63, 3.8) is 0 Å². The molecular weight excluding hydrogens is 321 g/mol. The Morgan fingerprint density at radius 2 is 1.95 bits per heavy atom. The Bertz CT molecular complexity index is 628. The van der Waals surface area contributed by atoms with E-state index < -0.39 is 0 Å². The molecule has 104 valence electrons.